The summed E-state index contributed by atoms with van der Waals surface area (Å²) in [7, 11) is 0. The van der Waals surface area contributed by atoms with Crippen molar-refractivity contribution in [3.63, 3.8) is 0 Å². The highest BCUT2D eigenvalue weighted by atomic mass is 19.4. The summed E-state index contributed by atoms with van der Waals surface area (Å²) in [6.45, 7) is 0.729. The molecule has 0 N–H and O–H groups in total. The zero-order valence-electron chi connectivity index (χ0n) is 18.8. The fourth-order valence-corrected chi connectivity index (χ4v) is 4.06. The molecule has 0 radical (unpaired) electrons. The Bertz CT molecular complexity index is 1100. The SMILES string of the molecule is FC(F)(F)C1=C/C(=C/CCCCCCOCc2ccc(C(F)(F)F)cc2)c2cc3c(cc21)OCO3. The zero-order chi connectivity index (χ0) is 25.1. The van der Waals surface area contributed by atoms with Crippen molar-refractivity contribution in [3.8, 4) is 11.5 Å². The maximum Gasteiger partial charge on any atom is 0.417 e. The van der Waals surface area contributed by atoms with Crippen LogP contribution in [0.25, 0.3) is 11.1 Å². The summed E-state index contributed by atoms with van der Waals surface area (Å²) in [6, 6.07) is 7.89. The van der Waals surface area contributed by atoms with Crippen molar-refractivity contribution in [2.75, 3.05) is 13.4 Å². The van der Waals surface area contributed by atoms with Gasteiger partial charge in [-0.3, -0.25) is 0 Å². The molecule has 1 aliphatic carbocycles. The molecular formula is C26H24F6O3. The number of halogens is 6. The van der Waals surface area contributed by atoms with E-state index in [0.717, 1.165) is 37.8 Å². The van der Waals surface area contributed by atoms with Crippen molar-refractivity contribution in [1.29, 1.82) is 0 Å². The molecule has 3 nitrogen and oxygen atoms in total. The maximum atomic E-state index is 13.5. The summed E-state index contributed by atoms with van der Waals surface area (Å²) < 4.78 is 94.3. The van der Waals surface area contributed by atoms with Gasteiger partial charge in [-0.2, -0.15) is 26.3 Å². The minimum Gasteiger partial charge on any atom is -0.454 e. The van der Waals surface area contributed by atoms with Gasteiger partial charge in [0.2, 0.25) is 6.79 Å². The molecule has 0 bridgehead atoms. The van der Waals surface area contributed by atoms with Gasteiger partial charge < -0.3 is 14.2 Å². The Kier molecular flexibility index (Phi) is 7.44. The molecular weight excluding hydrogens is 474 g/mol. The Labute approximate surface area is 199 Å². The standard InChI is InChI=1S/C26H24F6O3/c27-25(28,29)19-9-7-17(8-10-19)15-33-11-5-3-1-2-4-6-18-12-22(26(30,31)32)21-14-24-23(13-20(18)21)34-16-35-24/h6-10,12-14H,1-5,11,15-16H2/b18-6-. The summed E-state index contributed by atoms with van der Waals surface area (Å²) in [5, 5.41) is 0. The minimum absolute atomic E-state index is 0.00358. The number of alkyl halides is 6. The minimum atomic E-state index is -4.46. The summed E-state index contributed by atoms with van der Waals surface area (Å²) in [5.41, 5.74) is 0.452. The smallest absolute Gasteiger partial charge is 0.417 e. The van der Waals surface area contributed by atoms with Gasteiger partial charge in [-0.25, -0.2) is 0 Å². The predicted octanol–water partition coefficient (Wildman–Crippen LogP) is 7.94. The van der Waals surface area contributed by atoms with Crippen LogP contribution in [0.5, 0.6) is 11.5 Å². The number of rotatable bonds is 9. The topological polar surface area (TPSA) is 27.7 Å². The van der Waals surface area contributed by atoms with E-state index in [1.807, 2.05) is 6.08 Å². The Hall–Kier alpha value is -2.94. The second kappa shape index (κ2) is 10.4. The zero-order valence-corrected chi connectivity index (χ0v) is 18.8. The second-order valence-electron chi connectivity index (χ2n) is 8.42. The van der Waals surface area contributed by atoms with Crippen LogP contribution in [0.3, 0.4) is 0 Å². The van der Waals surface area contributed by atoms with Gasteiger partial charge in [0.15, 0.2) is 11.5 Å². The van der Waals surface area contributed by atoms with E-state index < -0.39 is 23.5 Å². The Morgan fingerprint density at radius 1 is 0.800 bits per heavy atom. The first-order valence-electron chi connectivity index (χ1n) is 11.3. The van der Waals surface area contributed by atoms with Crippen LogP contribution in [0.4, 0.5) is 26.3 Å². The molecule has 0 atom stereocenters. The van der Waals surface area contributed by atoms with Crippen LogP contribution in [0.15, 0.2) is 48.6 Å². The van der Waals surface area contributed by atoms with E-state index >= 15 is 0 Å². The van der Waals surface area contributed by atoms with Gasteiger partial charge in [0.05, 0.1) is 17.7 Å². The molecule has 4 rings (SSSR count). The van der Waals surface area contributed by atoms with E-state index in [2.05, 4.69) is 0 Å². The van der Waals surface area contributed by atoms with Gasteiger partial charge in [-0.15, -0.1) is 0 Å². The first kappa shape index (κ1) is 25.2. The average Bonchev–Trinajstić information content (AvgIpc) is 3.40. The first-order valence-corrected chi connectivity index (χ1v) is 11.3. The lowest BCUT2D eigenvalue weighted by Gasteiger charge is -2.10. The van der Waals surface area contributed by atoms with Gasteiger partial charge in [-0.1, -0.05) is 31.1 Å². The lowest BCUT2D eigenvalue weighted by molar-refractivity contribution is -0.137. The quantitative estimate of drug-likeness (QED) is 0.259. The van der Waals surface area contributed by atoms with E-state index in [9.17, 15) is 26.3 Å². The van der Waals surface area contributed by atoms with Crippen molar-refractivity contribution in [2.45, 2.75) is 51.1 Å². The lowest BCUT2D eigenvalue weighted by Crippen LogP contribution is -2.09. The molecule has 1 aliphatic heterocycles. The summed E-state index contributed by atoms with van der Waals surface area (Å²) in [5.74, 6) is 0.767. The van der Waals surface area contributed by atoms with Gasteiger partial charge >= 0.3 is 12.4 Å². The predicted molar refractivity (Wildman–Crippen MR) is 119 cm³/mol. The van der Waals surface area contributed by atoms with Gasteiger partial charge in [0.25, 0.3) is 0 Å². The van der Waals surface area contributed by atoms with Crippen molar-refractivity contribution >= 4 is 11.1 Å². The molecule has 0 amide bonds. The van der Waals surface area contributed by atoms with Crippen molar-refractivity contribution in [3.05, 3.63) is 70.8 Å². The van der Waals surface area contributed by atoms with Crippen molar-refractivity contribution < 1.29 is 40.6 Å². The molecule has 35 heavy (non-hydrogen) atoms. The highest BCUT2D eigenvalue weighted by molar-refractivity contribution is 5.98. The Morgan fingerprint density at radius 2 is 1.46 bits per heavy atom. The number of hydrogen-bond donors (Lipinski definition) is 0. The van der Waals surface area contributed by atoms with E-state index in [1.54, 1.807) is 6.07 Å². The van der Waals surface area contributed by atoms with E-state index in [4.69, 9.17) is 14.2 Å². The normalized spacial score (nSPS) is 16.1. The van der Waals surface area contributed by atoms with Crippen LogP contribution in [0.1, 0.15) is 54.4 Å². The van der Waals surface area contributed by atoms with E-state index in [-0.39, 0.29) is 19.0 Å². The molecule has 2 aromatic carbocycles. The van der Waals surface area contributed by atoms with Crippen molar-refractivity contribution in [2.24, 2.45) is 0 Å². The molecule has 2 aromatic rings. The molecule has 0 unspecified atom stereocenters. The molecule has 0 fully saturated rings. The second-order valence-corrected chi connectivity index (χ2v) is 8.42. The molecule has 1 heterocycles. The van der Waals surface area contributed by atoms with E-state index in [0.29, 0.717) is 41.2 Å². The van der Waals surface area contributed by atoms with E-state index in [1.165, 1.54) is 24.3 Å². The Morgan fingerprint density at radius 3 is 2.11 bits per heavy atom. The monoisotopic (exact) mass is 498 g/mol. The average molecular weight is 498 g/mol. The molecule has 0 aromatic heterocycles. The highest BCUT2D eigenvalue weighted by Gasteiger charge is 2.40. The Balaban J connectivity index is 1.20. The fraction of sp³-hybridized carbons (Fsp3) is 0.385. The summed E-state index contributed by atoms with van der Waals surface area (Å²) in [6.07, 6.45) is -1.80. The third-order valence-corrected chi connectivity index (χ3v) is 5.88. The van der Waals surface area contributed by atoms with Crippen molar-refractivity contribution in [1.82, 2.24) is 0 Å². The number of allylic oxidation sites excluding steroid dienone is 4. The number of unbranched alkanes of at least 4 members (excludes halogenated alkanes) is 4. The maximum absolute atomic E-state index is 13.5. The van der Waals surface area contributed by atoms with Gasteiger partial charge in [-0.05, 0) is 71.9 Å². The number of ether oxygens (including phenoxy) is 3. The molecule has 0 spiro atoms. The third kappa shape index (κ3) is 6.20. The van der Waals surface area contributed by atoms with Gasteiger partial charge in [0, 0.05) is 6.61 Å². The molecule has 2 aliphatic rings. The number of hydrogen-bond acceptors (Lipinski definition) is 3. The van der Waals surface area contributed by atoms with Crippen LogP contribution >= 0.6 is 0 Å². The highest BCUT2D eigenvalue weighted by Crippen LogP contribution is 2.48. The molecule has 0 saturated carbocycles. The summed E-state index contributed by atoms with van der Waals surface area (Å²) >= 11 is 0. The molecule has 9 heteroatoms. The van der Waals surface area contributed by atoms with Crippen LogP contribution in [-0.4, -0.2) is 19.6 Å². The van der Waals surface area contributed by atoms with Crippen LogP contribution in [0.2, 0.25) is 0 Å². The number of fused-ring (bicyclic) bond motifs is 2. The molecule has 188 valence electrons. The molecule has 0 saturated heterocycles. The van der Waals surface area contributed by atoms with Gasteiger partial charge in [0.1, 0.15) is 0 Å². The third-order valence-electron chi connectivity index (χ3n) is 5.88. The first-order chi connectivity index (χ1) is 16.6. The van der Waals surface area contributed by atoms with Crippen LogP contribution in [-0.2, 0) is 17.5 Å². The van der Waals surface area contributed by atoms with Crippen LogP contribution < -0.4 is 9.47 Å². The largest absolute Gasteiger partial charge is 0.454 e. The number of benzene rings is 2. The fourth-order valence-electron chi connectivity index (χ4n) is 4.06. The van der Waals surface area contributed by atoms with Crippen LogP contribution in [0, 0.1) is 0 Å². The summed E-state index contributed by atoms with van der Waals surface area (Å²) in [4.78, 5) is 0. The lowest BCUT2D eigenvalue weighted by atomic mass is 10.0.